The zero-order valence-corrected chi connectivity index (χ0v) is 14.7. The Morgan fingerprint density at radius 1 is 1.25 bits per heavy atom. The molecule has 0 aliphatic carbocycles. The molecule has 6 nitrogen and oxygen atoms in total. The summed E-state index contributed by atoms with van der Waals surface area (Å²) in [5.41, 5.74) is 2.97. The number of rotatable bonds is 5. The number of aromatic nitrogens is 4. The van der Waals surface area contributed by atoms with Crippen LogP contribution < -0.4 is 5.32 Å². The highest BCUT2D eigenvalue weighted by molar-refractivity contribution is 8.00. The molecule has 1 amide bonds. The summed E-state index contributed by atoms with van der Waals surface area (Å²) in [7, 11) is 1.65. The van der Waals surface area contributed by atoms with Crippen LogP contribution in [0, 0.1) is 13.8 Å². The maximum atomic E-state index is 12.2. The van der Waals surface area contributed by atoms with Gasteiger partial charge in [0.2, 0.25) is 11.1 Å². The number of hydrogen-bond acceptors (Lipinski definition) is 5. The first-order valence-electron chi connectivity index (χ1n) is 7.70. The van der Waals surface area contributed by atoms with Gasteiger partial charge in [-0.15, -0.1) is 5.10 Å². The minimum Gasteiger partial charge on any atom is -0.358 e. The molecule has 0 radical (unpaired) electrons. The Labute approximate surface area is 144 Å². The van der Waals surface area contributed by atoms with E-state index in [9.17, 15) is 4.79 Å². The minimum absolute atomic E-state index is 0.0384. The quantitative estimate of drug-likeness (QED) is 0.720. The number of fused-ring (bicyclic) bond motifs is 1. The second-order valence-corrected chi connectivity index (χ2v) is 6.73. The zero-order chi connectivity index (χ0) is 17.1. The summed E-state index contributed by atoms with van der Waals surface area (Å²) in [6.45, 7) is 3.89. The highest BCUT2D eigenvalue weighted by Crippen LogP contribution is 2.24. The summed E-state index contributed by atoms with van der Waals surface area (Å²) in [6, 6.07) is 11.9. The SMILES string of the molecule is CNC(=O)[C@@H](Cc1ccccc1)Sc1nc2nc(C)cc(C)n2n1. The lowest BCUT2D eigenvalue weighted by molar-refractivity contribution is -0.120. The van der Waals surface area contributed by atoms with Crippen LogP contribution >= 0.6 is 11.8 Å². The van der Waals surface area contributed by atoms with E-state index >= 15 is 0 Å². The van der Waals surface area contributed by atoms with Gasteiger partial charge in [0.05, 0.1) is 5.25 Å². The lowest BCUT2D eigenvalue weighted by atomic mass is 10.1. The van der Waals surface area contributed by atoms with Crippen LogP contribution in [0.5, 0.6) is 0 Å². The fraction of sp³-hybridized carbons (Fsp3) is 0.294. The topological polar surface area (TPSA) is 72.2 Å². The van der Waals surface area contributed by atoms with Gasteiger partial charge in [-0.3, -0.25) is 4.79 Å². The third kappa shape index (κ3) is 3.56. The highest BCUT2D eigenvalue weighted by Gasteiger charge is 2.22. The number of thioether (sulfide) groups is 1. The highest BCUT2D eigenvalue weighted by atomic mass is 32.2. The van der Waals surface area contributed by atoms with Crippen LogP contribution in [-0.2, 0) is 11.2 Å². The van der Waals surface area contributed by atoms with Gasteiger partial charge in [-0.05, 0) is 31.9 Å². The van der Waals surface area contributed by atoms with Crippen LogP contribution in [0.25, 0.3) is 5.78 Å². The van der Waals surface area contributed by atoms with Crippen molar-refractivity contribution in [1.29, 1.82) is 0 Å². The summed E-state index contributed by atoms with van der Waals surface area (Å²) in [6.07, 6.45) is 0.617. The van der Waals surface area contributed by atoms with Gasteiger partial charge in [0.25, 0.3) is 5.78 Å². The molecule has 3 aromatic rings. The maximum Gasteiger partial charge on any atom is 0.253 e. The average molecular weight is 341 g/mol. The van der Waals surface area contributed by atoms with Gasteiger partial charge >= 0.3 is 0 Å². The van der Waals surface area contributed by atoms with Gasteiger partial charge in [0.15, 0.2) is 0 Å². The molecule has 24 heavy (non-hydrogen) atoms. The molecule has 3 rings (SSSR count). The molecule has 1 atom stereocenters. The number of nitrogens with zero attached hydrogens (tertiary/aromatic N) is 4. The minimum atomic E-state index is -0.295. The van der Waals surface area contributed by atoms with E-state index in [0.717, 1.165) is 17.0 Å². The Balaban J connectivity index is 1.87. The summed E-state index contributed by atoms with van der Waals surface area (Å²) in [5, 5.41) is 7.46. The second-order valence-electron chi connectivity index (χ2n) is 5.56. The normalized spacial score (nSPS) is 12.3. The smallest absolute Gasteiger partial charge is 0.253 e. The molecule has 0 aliphatic rings. The molecule has 0 spiro atoms. The third-order valence-electron chi connectivity index (χ3n) is 3.65. The van der Waals surface area contributed by atoms with Crippen LogP contribution in [-0.4, -0.2) is 37.8 Å². The van der Waals surface area contributed by atoms with E-state index in [0.29, 0.717) is 17.4 Å². The van der Waals surface area contributed by atoms with Gasteiger partial charge in [-0.2, -0.15) is 4.98 Å². The molecular weight excluding hydrogens is 322 g/mol. The van der Waals surface area contributed by atoms with Crippen molar-refractivity contribution in [3.8, 4) is 0 Å². The van der Waals surface area contributed by atoms with Crippen molar-refractivity contribution in [3.63, 3.8) is 0 Å². The van der Waals surface area contributed by atoms with Gasteiger partial charge in [0, 0.05) is 18.4 Å². The molecule has 0 unspecified atom stereocenters. The first-order chi connectivity index (χ1) is 11.6. The van der Waals surface area contributed by atoms with E-state index in [1.165, 1.54) is 11.8 Å². The average Bonchev–Trinajstić information content (AvgIpc) is 2.97. The molecule has 1 aromatic carbocycles. The molecule has 0 saturated heterocycles. The van der Waals surface area contributed by atoms with Crippen molar-refractivity contribution >= 4 is 23.4 Å². The van der Waals surface area contributed by atoms with E-state index in [4.69, 9.17) is 0 Å². The number of benzene rings is 1. The van der Waals surface area contributed by atoms with E-state index in [1.54, 1.807) is 11.6 Å². The van der Waals surface area contributed by atoms with Gasteiger partial charge in [-0.1, -0.05) is 42.1 Å². The molecule has 0 bridgehead atoms. The third-order valence-corrected chi connectivity index (χ3v) is 4.70. The number of amides is 1. The van der Waals surface area contributed by atoms with Crippen LogP contribution in [0.2, 0.25) is 0 Å². The van der Waals surface area contributed by atoms with E-state index in [-0.39, 0.29) is 11.2 Å². The second kappa shape index (κ2) is 7.00. The molecule has 0 saturated carbocycles. The van der Waals surface area contributed by atoms with Crippen LogP contribution in [0.15, 0.2) is 41.6 Å². The molecule has 0 aliphatic heterocycles. The Bertz CT molecular complexity index is 862. The van der Waals surface area contributed by atoms with Crippen molar-refractivity contribution in [1.82, 2.24) is 24.9 Å². The summed E-state index contributed by atoms with van der Waals surface area (Å²) < 4.78 is 1.71. The monoisotopic (exact) mass is 341 g/mol. The van der Waals surface area contributed by atoms with Crippen LogP contribution in [0.3, 0.4) is 0 Å². The van der Waals surface area contributed by atoms with E-state index < -0.39 is 0 Å². The number of carbonyl (C=O) groups excluding carboxylic acids is 1. The predicted molar refractivity (Wildman–Crippen MR) is 94.1 cm³/mol. The number of hydrogen-bond donors (Lipinski definition) is 1. The summed E-state index contributed by atoms with van der Waals surface area (Å²) >= 11 is 1.36. The molecule has 7 heteroatoms. The molecular formula is C17H19N5OS. The lowest BCUT2D eigenvalue weighted by Crippen LogP contribution is -2.31. The lowest BCUT2D eigenvalue weighted by Gasteiger charge is -2.13. The molecule has 124 valence electrons. The first kappa shape index (κ1) is 16.4. The van der Waals surface area contributed by atoms with Gasteiger partial charge in [0.1, 0.15) is 0 Å². The Morgan fingerprint density at radius 2 is 2.00 bits per heavy atom. The Kier molecular flexibility index (Phi) is 4.80. The Morgan fingerprint density at radius 3 is 2.71 bits per heavy atom. The molecule has 2 heterocycles. The van der Waals surface area contributed by atoms with Gasteiger partial charge in [-0.25, -0.2) is 9.50 Å². The van der Waals surface area contributed by atoms with Crippen molar-refractivity contribution in [2.45, 2.75) is 30.7 Å². The van der Waals surface area contributed by atoms with Crippen molar-refractivity contribution < 1.29 is 4.79 Å². The summed E-state index contributed by atoms with van der Waals surface area (Å²) in [5.74, 6) is 0.522. The Hall–Kier alpha value is -2.41. The number of aryl methyl sites for hydroxylation is 2. The van der Waals surface area contributed by atoms with Crippen molar-refractivity contribution in [2.75, 3.05) is 7.05 Å². The molecule has 1 N–H and O–H groups in total. The van der Waals surface area contributed by atoms with E-state index in [1.807, 2.05) is 50.2 Å². The number of carbonyl (C=O) groups is 1. The maximum absolute atomic E-state index is 12.2. The van der Waals surface area contributed by atoms with Crippen molar-refractivity contribution in [3.05, 3.63) is 53.3 Å². The number of nitrogens with one attached hydrogen (secondary N) is 1. The largest absolute Gasteiger partial charge is 0.358 e. The molecule has 2 aromatic heterocycles. The fourth-order valence-electron chi connectivity index (χ4n) is 2.50. The van der Waals surface area contributed by atoms with Gasteiger partial charge < -0.3 is 5.32 Å². The zero-order valence-electron chi connectivity index (χ0n) is 13.9. The summed E-state index contributed by atoms with van der Waals surface area (Å²) in [4.78, 5) is 21.1. The van der Waals surface area contributed by atoms with Crippen LogP contribution in [0.1, 0.15) is 17.0 Å². The van der Waals surface area contributed by atoms with E-state index in [2.05, 4.69) is 20.4 Å². The predicted octanol–water partition coefficient (Wildman–Crippen LogP) is 2.19. The van der Waals surface area contributed by atoms with Crippen LogP contribution in [0.4, 0.5) is 0 Å². The fourth-order valence-corrected chi connectivity index (χ4v) is 3.52. The van der Waals surface area contributed by atoms with Crippen molar-refractivity contribution in [2.24, 2.45) is 0 Å². The standard InChI is InChI=1S/C17H19N5OS/c1-11-9-12(2)22-16(19-11)20-17(21-22)24-14(15(23)18-3)10-13-7-5-4-6-8-13/h4-9,14H,10H2,1-3H3,(H,18,23)/t14-/m1/s1. The first-order valence-corrected chi connectivity index (χ1v) is 8.58. The molecule has 0 fully saturated rings.